The van der Waals surface area contributed by atoms with E-state index >= 15 is 0 Å². The molecule has 0 heterocycles. The van der Waals surface area contributed by atoms with Crippen molar-refractivity contribution < 1.29 is 10.2 Å². The van der Waals surface area contributed by atoms with Gasteiger partial charge in [0.05, 0.1) is 5.70 Å². The molecule has 0 aromatic rings. The highest BCUT2D eigenvalue weighted by molar-refractivity contribution is 5.30. The second-order valence-electron chi connectivity index (χ2n) is 2.61. The smallest absolute Gasteiger partial charge is 0.180 e. The summed E-state index contributed by atoms with van der Waals surface area (Å²) in [6.45, 7) is 3.87. The van der Waals surface area contributed by atoms with Gasteiger partial charge in [0.2, 0.25) is 0 Å². The Labute approximate surface area is 78.7 Å². The van der Waals surface area contributed by atoms with Crippen LogP contribution in [-0.2, 0) is 0 Å². The lowest BCUT2D eigenvalue weighted by Gasteiger charge is -2.13. The van der Waals surface area contributed by atoms with Crippen molar-refractivity contribution in [1.82, 2.24) is 5.43 Å². The van der Waals surface area contributed by atoms with Crippen molar-refractivity contribution in [3.63, 3.8) is 0 Å². The molecule has 0 aromatic heterocycles. The second kappa shape index (κ2) is 6.65. The molecule has 76 valence electrons. The summed E-state index contributed by atoms with van der Waals surface area (Å²) in [7, 11) is 0. The highest BCUT2D eigenvalue weighted by Gasteiger charge is 2.09. The molecule has 5 N–H and O–H groups in total. The number of hydrogen-bond donors (Lipinski definition) is 4. The molecule has 0 atom stereocenters. The molecule has 0 bridgehead atoms. The monoisotopic (exact) mass is 186 g/mol. The zero-order valence-corrected chi connectivity index (χ0v) is 8.12. The van der Waals surface area contributed by atoms with Gasteiger partial charge in [0, 0.05) is 5.57 Å². The van der Waals surface area contributed by atoms with Crippen LogP contribution < -0.4 is 11.3 Å². The zero-order valence-electron chi connectivity index (χ0n) is 8.12. The molecule has 0 spiro atoms. The van der Waals surface area contributed by atoms with Gasteiger partial charge in [0.15, 0.2) is 6.29 Å². The van der Waals surface area contributed by atoms with Gasteiger partial charge < -0.3 is 15.6 Å². The Morgan fingerprint density at radius 2 is 1.85 bits per heavy atom. The number of nitrogens with one attached hydrogen (secondary N) is 1. The Kier molecular flexibility index (Phi) is 6.22. The van der Waals surface area contributed by atoms with Crippen molar-refractivity contribution in [2.75, 3.05) is 0 Å². The van der Waals surface area contributed by atoms with Gasteiger partial charge in [-0.1, -0.05) is 26.0 Å². The molecule has 0 unspecified atom stereocenters. The number of aliphatic hydroxyl groups excluding tert-OH is 1. The predicted octanol–water partition coefficient (Wildman–Crippen LogP) is 0.391. The van der Waals surface area contributed by atoms with E-state index in [1.54, 1.807) is 12.2 Å². The molecule has 4 nitrogen and oxygen atoms in total. The number of aliphatic hydroxyl groups is 2. The van der Waals surface area contributed by atoms with E-state index in [4.69, 9.17) is 16.1 Å². The standard InChI is InChI=1S/C9H18N2O2/c1-3-5-7(9(12)13)8(11-10)6-4-2/h5-6,9,11-13H,3-4,10H2,1-2H3/b7-5+,8-6+. The first-order chi connectivity index (χ1) is 6.17. The van der Waals surface area contributed by atoms with Gasteiger partial charge in [-0.3, -0.25) is 5.84 Å². The van der Waals surface area contributed by atoms with Gasteiger partial charge in [-0.2, -0.15) is 0 Å². The van der Waals surface area contributed by atoms with E-state index in [0.29, 0.717) is 11.3 Å². The summed E-state index contributed by atoms with van der Waals surface area (Å²) in [5.74, 6) is 5.25. The maximum absolute atomic E-state index is 9.02. The van der Waals surface area contributed by atoms with E-state index in [0.717, 1.165) is 12.8 Å². The van der Waals surface area contributed by atoms with Crippen LogP contribution in [-0.4, -0.2) is 16.5 Å². The maximum Gasteiger partial charge on any atom is 0.180 e. The van der Waals surface area contributed by atoms with Crippen molar-refractivity contribution in [3.8, 4) is 0 Å². The third kappa shape index (κ3) is 4.07. The van der Waals surface area contributed by atoms with Gasteiger partial charge >= 0.3 is 0 Å². The first-order valence-corrected chi connectivity index (χ1v) is 4.40. The summed E-state index contributed by atoms with van der Waals surface area (Å²) < 4.78 is 0. The van der Waals surface area contributed by atoms with Gasteiger partial charge in [-0.15, -0.1) is 0 Å². The van der Waals surface area contributed by atoms with Crippen LogP contribution in [0.2, 0.25) is 0 Å². The molecular formula is C9H18N2O2. The van der Waals surface area contributed by atoms with Crippen LogP contribution in [0.25, 0.3) is 0 Å². The minimum absolute atomic E-state index is 0.423. The van der Waals surface area contributed by atoms with Crippen molar-refractivity contribution >= 4 is 0 Å². The Hall–Kier alpha value is -0.840. The Morgan fingerprint density at radius 3 is 2.15 bits per heavy atom. The van der Waals surface area contributed by atoms with Crippen LogP contribution in [0.1, 0.15) is 26.7 Å². The lowest BCUT2D eigenvalue weighted by molar-refractivity contribution is -0.00671. The summed E-state index contributed by atoms with van der Waals surface area (Å²) >= 11 is 0. The predicted molar refractivity (Wildman–Crippen MR) is 52.3 cm³/mol. The largest absolute Gasteiger partial charge is 0.364 e. The molecule has 0 aliphatic heterocycles. The van der Waals surface area contributed by atoms with Crippen LogP contribution in [0.4, 0.5) is 0 Å². The van der Waals surface area contributed by atoms with E-state index in [9.17, 15) is 0 Å². The number of hydrogen-bond acceptors (Lipinski definition) is 4. The SMILES string of the molecule is CC/C=C(NN)\C(=C/CC)C(O)O. The van der Waals surface area contributed by atoms with E-state index in [1.165, 1.54) is 0 Å². The van der Waals surface area contributed by atoms with E-state index < -0.39 is 6.29 Å². The van der Waals surface area contributed by atoms with Crippen LogP contribution in [0.3, 0.4) is 0 Å². The molecule has 0 amide bonds. The highest BCUT2D eigenvalue weighted by atomic mass is 16.5. The lowest BCUT2D eigenvalue weighted by atomic mass is 10.1. The summed E-state index contributed by atoms with van der Waals surface area (Å²) in [5, 5.41) is 18.0. The number of hydrazine groups is 1. The molecule has 4 heteroatoms. The average molecular weight is 186 g/mol. The number of nitrogens with two attached hydrogens (primary N) is 1. The van der Waals surface area contributed by atoms with Crippen LogP contribution in [0.5, 0.6) is 0 Å². The Balaban J connectivity index is 4.70. The van der Waals surface area contributed by atoms with E-state index in [-0.39, 0.29) is 0 Å². The summed E-state index contributed by atoms with van der Waals surface area (Å²) in [5.41, 5.74) is 3.43. The van der Waals surface area contributed by atoms with Gasteiger partial charge in [0.25, 0.3) is 0 Å². The molecule has 0 saturated heterocycles. The molecular weight excluding hydrogens is 168 g/mol. The highest BCUT2D eigenvalue weighted by Crippen LogP contribution is 2.11. The molecule has 0 saturated carbocycles. The van der Waals surface area contributed by atoms with Crippen LogP contribution >= 0.6 is 0 Å². The third-order valence-electron chi connectivity index (χ3n) is 1.58. The van der Waals surface area contributed by atoms with E-state index in [1.807, 2.05) is 13.8 Å². The molecule has 0 radical (unpaired) electrons. The van der Waals surface area contributed by atoms with Crippen LogP contribution in [0.15, 0.2) is 23.4 Å². The van der Waals surface area contributed by atoms with Crippen molar-refractivity contribution in [3.05, 3.63) is 23.4 Å². The lowest BCUT2D eigenvalue weighted by Crippen LogP contribution is -2.26. The van der Waals surface area contributed by atoms with Gasteiger partial charge in [-0.25, -0.2) is 0 Å². The number of allylic oxidation sites excluding steroid dienone is 2. The normalized spacial score (nSPS) is 13.7. The van der Waals surface area contributed by atoms with E-state index in [2.05, 4.69) is 5.43 Å². The van der Waals surface area contributed by atoms with Crippen molar-refractivity contribution in [1.29, 1.82) is 0 Å². The fourth-order valence-corrected chi connectivity index (χ4v) is 1.04. The fraction of sp³-hybridized carbons (Fsp3) is 0.556. The van der Waals surface area contributed by atoms with Gasteiger partial charge in [-0.05, 0) is 12.8 Å². The fourth-order valence-electron chi connectivity index (χ4n) is 1.04. The molecule has 0 aromatic carbocycles. The third-order valence-corrected chi connectivity index (χ3v) is 1.58. The summed E-state index contributed by atoms with van der Waals surface area (Å²) in [6, 6.07) is 0. The first kappa shape index (κ1) is 12.2. The second-order valence-corrected chi connectivity index (χ2v) is 2.61. The maximum atomic E-state index is 9.02. The average Bonchev–Trinajstić information content (AvgIpc) is 2.10. The molecule has 13 heavy (non-hydrogen) atoms. The topological polar surface area (TPSA) is 78.5 Å². The zero-order chi connectivity index (χ0) is 10.3. The van der Waals surface area contributed by atoms with Gasteiger partial charge in [0.1, 0.15) is 0 Å². The first-order valence-electron chi connectivity index (χ1n) is 4.40. The number of rotatable bonds is 5. The van der Waals surface area contributed by atoms with Crippen molar-refractivity contribution in [2.24, 2.45) is 5.84 Å². The quantitative estimate of drug-likeness (QED) is 0.217. The molecule has 0 aliphatic rings. The minimum Gasteiger partial charge on any atom is -0.364 e. The van der Waals surface area contributed by atoms with Crippen LogP contribution in [0, 0.1) is 0 Å². The molecule has 0 fully saturated rings. The summed E-state index contributed by atoms with van der Waals surface area (Å²) in [6.07, 6.45) is 3.57. The molecule has 0 aliphatic carbocycles. The Morgan fingerprint density at radius 1 is 1.31 bits per heavy atom. The molecule has 0 rings (SSSR count). The minimum atomic E-state index is -1.48. The Bertz CT molecular complexity index is 198. The van der Waals surface area contributed by atoms with Crippen molar-refractivity contribution in [2.45, 2.75) is 33.0 Å². The summed E-state index contributed by atoms with van der Waals surface area (Å²) in [4.78, 5) is 0.